The van der Waals surface area contributed by atoms with Crippen molar-refractivity contribution in [3.05, 3.63) is 65.0 Å². The van der Waals surface area contributed by atoms with Crippen LogP contribution in [0.3, 0.4) is 0 Å². The Balaban J connectivity index is 1.85. The topological polar surface area (TPSA) is 52.8 Å². The van der Waals surface area contributed by atoms with Crippen LogP contribution in [-0.2, 0) is 4.74 Å². The molecule has 1 aromatic carbocycles. The van der Waals surface area contributed by atoms with E-state index in [0.29, 0.717) is 10.8 Å². The molecule has 0 atom stereocenters. The van der Waals surface area contributed by atoms with Gasteiger partial charge in [-0.3, -0.25) is 4.40 Å². The van der Waals surface area contributed by atoms with E-state index in [9.17, 15) is 4.79 Å². The van der Waals surface area contributed by atoms with Crippen LogP contribution in [0.2, 0.25) is 0 Å². The third-order valence-corrected chi connectivity index (χ3v) is 5.08. The van der Waals surface area contributed by atoms with Crippen LogP contribution in [0.1, 0.15) is 9.67 Å². The highest BCUT2D eigenvalue weighted by Gasteiger charge is 2.16. The van der Waals surface area contributed by atoms with Crippen LogP contribution >= 0.6 is 11.3 Å². The van der Waals surface area contributed by atoms with Crippen molar-refractivity contribution in [2.45, 2.75) is 0 Å². The Morgan fingerprint density at radius 2 is 1.85 bits per heavy atom. The van der Waals surface area contributed by atoms with Gasteiger partial charge < -0.3 is 9.47 Å². The van der Waals surface area contributed by atoms with E-state index in [1.807, 2.05) is 46.2 Å². The molecule has 3 heterocycles. The monoisotopic (exact) mass is 364 g/mol. The molecule has 26 heavy (non-hydrogen) atoms. The van der Waals surface area contributed by atoms with Crippen molar-refractivity contribution in [2.75, 3.05) is 14.2 Å². The lowest BCUT2D eigenvalue weighted by atomic mass is 10.1. The second kappa shape index (κ2) is 6.65. The zero-order chi connectivity index (χ0) is 18.1. The van der Waals surface area contributed by atoms with Crippen molar-refractivity contribution in [2.24, 2.45) is 0 Å². The summed E-state index contributed by atoms with van der Waals surface area (Å²) in [6.07, 6.45) is 1.79. The van der Waals surface area contributed by atoms with E-state index >= 15 is 0 Å². The Labute approximate surface area is 154 Å². The number of rotatable bonds is 4. The fraction of sp³-hybridized carbons (Fsp3) is 0.100. The van der Waals surface area contributed by atoms with Gasteiger partial charge in [0.2, 0.25) is 0 Å². The van der Waals surface area contributed by atoms with Gasteiger partial charge in [0.1, 0.15) is 10.5 Å². The molecule has 0 amide bonds. The molecule has 0 fully saturated rings. The first-order valence-corrected chi connectivity index (χ1v) is 8.87. The Bertz CT molecular complexity index is 1080. The van der Waals surface area contributed by atoms with Gasteiger partial charge in [0.25, 0.3) is 0 Å². The molecule has 5 nitrogen and oxygen atoms in total. The highest BCUT2D eigenvalue weighted by atomic mass is 32.1. The fourth-order valence-electron chi connectivity index (χ4n) is 2.91. The third-order valence-electron chi connectivity index (χ3n) is 4.17. The molecule has 0 saturated heterocycles. The van der Waals surface area contributed by atoms with Crippen LogP contribution in [0.4, 0.5) is 0 Å². The Kier molecular flexibility index (Phi) is 4.18. The Hall–Kier alpha value is -3.12. The number of hydrogen-bond donors (Lipinski definition) is 0. The zero-order valence-electron chi connectivity index (χ0n) is 14.3. The van der Waals surface area contributed by atoms with E-state index in [-0.39, 0.29) is 5.97 Å². The molecular formula is C20H16N2O3S. The molecule has 130 valence electrons. The summed E-state index contributed by atoms with van der Waals surface area (Å²) in [4.78, 5) is 16.8. The van der Waals surface area contributed by atoms with Gasteiger partial charge in [0.05, 0.1) is 26.1 Å². The summed E-state index contributed by atoms with van der Waals surface area (Å²) in [7, 11) is 3.02. The molecule has 3 aromatic heterocycles. The van der Waals surface area contributed by atoms with Gasteiger partial charge in [-0.2, -0.15) is 0 Å². The minimum absolute atomic E-state index is 0.339. The third kappa shape index (κ3) is 2.74. The quantitative estimate of drug-likeness (QED) is 0.500. The second-order valence-corrected chi connectivity index (χ2v) is 6.59. The maximum Gasteiger partial charge on any atom is 0.348 e. The molecular weight excluding hydrogens is 348 g/mol. The number of fused-ring (bicyclic) bond motifs is 1. The van der Waals surface area contributed by atoms with E-state index < -0.39 is 0 Å². The van der Waals surface area contributed by atoms with Crippen LogP contribution in [-0.4, -0.2) is 29.6 Å². The molecule has 0 radical (unpaired) electrons. The van der Waals surface area contributed by atoms with E-state index in [0.717, 1.165) is 28.0 Å². The first-order chi connectivity index (χ1) is 12.7. The normalized spacial score (nSPS) is 10.8. The zero-order valence-corrected chi connectivity index (χ0v) is 15.1. The molecule has 0 aliphatic carbocycles. The van der Waals surface area contributed by atoms with Crippen LogP contribution in [0.5, 0.6) is 5.88 Å². The van der Waals surface area contributed by atoms with Crippen molar-refractivity contribution in [3.63, 3.8) is 0 Å². The molecule has 0 N–H and O–H groups in total. The maximum atomic E-state index is 11.7. The number of pyridine rings is 1. The number of hydrogen-bond acceptors (Lipinski definition) is 5. The molecule has 0 saturated carbocycles. The lowest BCUT2D eigenvalue weighted by molar-refractivity contribution is 0.0606. The number of imidazole rings is 1. The number of nitrogens with zero attached hydrogens (tertiary/aromatic N) is 2. The molecule has 0 bridgehead atoms. The Morgan fingerprint density at radius 1 is 1.04 bits per heavy atom. The minimum atomic E-state index is -0.339. The summed E-state index contributed by atoms with van der Waals surface area (Å²) >= 11 is 1.35. The smallest absolute Gasteiger partial charge is 0.348 e. The molecule has 6 heteroatoms. The van der Waals surface area contributed by atoms with Crippen LogP contribution in [0.15, 0.2) is 60.1 Å². The van der Waals surface area contributed by atoms with Crippen molar-refractivity contribution in [1.29, 1.82) is 0 Å². The molecule has 4 rings (SSSR count). The summed E-state index contributed by atoms with van der Waals surface area (Å²) < 4.78 is 12.3. The van der Waals surface area contributed by atoms with E-state index in [1.54, 1.807) is 13.3 Å². The first kappa shape index (κ1) is 16.4. The Morgan fingerprint density at radius 3 is 2.58 bits per heavy atom. The predicted octanol–water partition coefficient (Wildman–Crippen LogP) is 4.53. The van der Waals surface area contributed by atoms with Gasteiger partial charge >= 0.3 is 5.97 Å². The van der Waals surface area contributed by atoms with Gasteiger partial charge in [-0.25, -0.2) is 9.78 Å². The summed E-state index contributed by atoms with van der Waals surface area (Å²) in [6, 6.07) is 15.9. The number of methoxy groups -OCH3 is 2. The standard InChI is InChI=1S/C20H16N2O3S/c1-24-19-10-14(13-6-4-3-5-7-13)9-18-21-11-16(22(18)19)15-8-17(26-12-15)20(23)25-2/h3-12H,1-2H3. The number of carbonyl (C=O) groups excluding carboxylic acids is 1. The first-order valence-electron chi connectivity index (χ1n) is 7.99. The summed E-state index contributed by atoms with van der Waals surface area (Å²) in [5.74, 6) is 0.341. The highest BCUT2D eigenvalue weighted by molar-refractivity contribution is 7.12. The fourth-order valence-corrected chi connectivity index (χ4v) is 3.72. The van der Waals surface area contributed by atoms with Gasteiger partial charge in [0, 0.05) is 17.0 Å². The minimum Gasteiger partial charge on any atom is -0.482 e. The number of carbonyl (C=O) groups is 1. The summed E-state index contributed by atoms with van der Waals surface area (Å²) in [5.41, 5.74) is 4.68. The largest absolute Gasteiger partial charge is 0.482 e. The van der Waals surface area contributed by atoms with Gasteiger partial charge in [-0.15, -0.1) is 11.3 Å². The number of thiophene rings is 1. The van der Waals surface area contributed by atoms with Crippen molar-refractivity contribution in [1.82, 2.24) is 9.38 Å². The molecule has 0 aliphatic rings. The van der Waals surface area contributed by atoms with Crippen molar-refractivity contribution < 1.29 is 14.3 Å². The number of aromatic nitrogens is 2. The highest BCUT2D eigenvalue weighted by Crippen LogP contribution is 2.32. The lowest BCUT2D eigenvalue weighted by Gasteiger charge is -2.10. The SMILES string of the molecule is COC(=O)c1cc(-c2cnc3cc(-c4ccccc4)cc(OC)n23)cs1. The van der Waals surface area contributed by atoms with Crippen LogP contribution < -0.4 is 4.74 Å². The average Bonchev–Trinajstić information content (AvgIpc) is 3.34. The molecule has 0 spiro atoms. The van der Waals surface area contributed by atoms with Gasteiger partial charge in [-0.05, 0) is 23.3 Å². The van der Waals surface area contributed by atoms with E-state index in [2.05, 4.69) is 17.1 Å². The van der Waals surface area contributed by atoms with Gasteiger partial charge in [-0.1, -0.05) is 30.3 Å². The van der Waals surface area contributed by atoms with Crippen molar-refractivity contribution >= 4 is 23.0 Å². The van der Waals surface area contributed by atoms with Crippen molar-refractivity contribution in [3.8, 4) is 28.3 Å². The van der Waals surface area contributed by atoms with Crippen LogP contribution in [0, 0.1) is 0 Å². The molecule has 0 aliphatic heterocycles. The molecule has 0 unspecified atom stereocenters. The number of ether oxygens (including phenoxy) is 2. The predicted molar refractivity (Wildman–Crippen MR) is 102 cm³/mol. The number of esters is 1. The molecule has 4 aromatic rings. The van der Waals surface area contributed by atoms with Crippen LogP contribution in [0.25, 0.3) is 28.0 Å². The van der Waals surface area contributed by atoms with E-state index in [4.69, 9.17) is 9.47 Å². The maximum absolute atomic E-state index is 11.7. The summed E-state index contributed by atoms with van der Waals surface area (Å²) in [6.45, 7) is 0. The van der Waals surface area contributed by atoms with Gasteiger partial charge in [0.15, 0.2) is 5.88 Å². The second-order valence-electron chi connectivity index (χ2n) is 5.68. The number of benzene rings is 1. The summed E-state index contributed by atoms with van der Waals surface area (Å²) in [5, 5.41) is 1.92. The van der Waals surface area contributed by atoms with E-state index in [1.165, 1.54) is 18.4 Å². The lowest BCUT2D eigenvalue weighted by Crippen LogP contribution is -1.98. The average molecular weight is 364 g/mol.